The van der Waals surface area contributed by atoms with Gasteiger partial charge >= 0.3 is 13.7 Å². The van der Waals surface area contributed by atoms with E-state index in [9.17, 15) is 22.5 Å². The standard InChI is InChI=1S/C15H8BrF3N3O3PS/c16-12-9-3-7(14(23)22-6-11-20-4-8(17)5-21-11)1-2-10(9)27-13(12)15(18,19)26(24)25/h1-5H,6H2,(H-,22,23,24,25)/p+1. The lowest BCUT2D eigenvalue weighted by Gasteiger charge is -2.05. The highest BCUT2D eigenvalue weighted by Crippen LogP contribution is 2.54. The lowest BCUT2D eigenvalue weighted by molar-refractivity contribution is 0.0849. The number of thiophene rings is 1. The molecule has 0 aliphatic heterocycles. The number of nitrogens with zero attached hydrogens (tertiary/aromatic N) is 2. The van der Waals surface area contributed by atoms with Gasteiger partial charge in [0, 0.05) is 15.6 Å². The van der Waals surface area contributed by atoms with Gasteiger partial charge in [0.25, 0.3) is 5.91 Å². The van der Waals surface area contributed by atoms with Crippen LogP contribution < -0.4 is 5.32 Å². The van der Waals surface area contributed by atoms with Crippen LogP contribution in [0.25, 0.3) is 10.1 Å². The molecule has 3 aromatic rings. The molecule has 2 heterocycles. The fraction of sp³-hybridized carbons (Fsp3) is 0.133. The van der Waals surface area contributed by atoms with Gasteiger partial charge in [-0.15, -0.1) is 20.1 Å². The van der Waals surface area contributed by atoms with E-state index in [0.29, 0.717) is 21.4 Å². The molecule has 1 unspecified atom stereocenters. The predicted molar refractivity (Wildman–Crippen MR) is 96.4 cm³/mol. The highest BCUT2D eigenvalue weighted by molar-refractivity contribution is 9.10. The van der Waals surface area contributed by atoms with Crippen LogP contribution in [-0.2, 0) is 16.8 Å². The number of carbonyl (C=O) groups excluding carboxylic acids is 1. The van der Waals surface area contributed by atoms with E-state index < -0.39 is 30.3 Å². The van der Waals surface area contributed by atoms with Crippen molar-refractivity contribution < 1.29 is 27.4 Å². The Morgan fingerprint density at radius 1 is 1.33 bits per heavy atom. The van der Waals surface area contributed by atoms with Crippen molar-refractivity contribution >= 4 is 51.3 Å². The molecule has 1 aromatic carbocycles. The van der Waals surface area contributed by atoms with E-state index in [-0.39, 0.29) is 22.4 Å². The van der Waals surface area contributed by atoms with Gasteiger partial charge in [-0.25, -0.2) is 14.4 Å². The van der Waals surface area contributed by atoms with Gasteiger partial charge in [0.15, 0.2) is 5.82 Å². The van der Waals surface area contributed by atoms with Crippen LogP contribution in [-0.4, -0.2) is 20.8 Å². The van der Waals surface area contributed by atoms with Gasteiger partial charge in [-0.1, -0.05) is 0 Å². The number of hydrogen-bond donors (Lipinski definition) is 2. The number of hydrogen-bond acceptors (Lipinski definition) is 5. The Balaban J connectivity index is 1.85. The van der Waals surface area contributed by atoms with Gasteiger partial charge in [-0.05, 0) is 38.7 Å². The highest BCUT2D eigenvalue weighted by Gasteiger charge is 2.56. The zero-order valence-corrected chi connectivity index (χ0v) is 16.4. The highest BCUT2D eigenvalue weighted by atomic mass is 79.9. The van der Waals surface area contributed by atoms with Crippen LogP contribution in [0.5, 0.6) is 0 Å². The minimum Gasteiger partial charge on any atom is -0.345 e. The van der Waals surface area contributed by atoms with Crippen molar-refractivity contribution in [2.24, 2.45) is 0 Å². The van der Waals surface area contributed by atoms with Crippen LogP contribution in [0.15, 0.2) is 35.1 Å². The smallest absolute Gasteiger partial charge is 0.345 e. The fourth-order valence-electron chi connectivity index (χ4n) is 2.18. The first kappa shape index (κ1) is 19.8. The first-order valence-electron chi connectivity index (χ1n) is 7.21. The van der Waals surface area contributed by atoms with Crippen LogP contribution in [0.1, 0.15) is 21.1 Å². The van der Waals surface area contributed by atoms with Gasteiger partial charge < -0.3 is 5.32 Å². The molecule has 2 aromatic heterocycles. The molecule has 2 N–H and O–H groups in total. The molecule has 0 aliphatic carbocycles. The number of alkyl halides is 2. The predicted octanol–water partition coefficient (Wildman–Crippen LogP) is 4.31. The third kappa shape index (κ3) is 4.01. The molecular weight excluding hydrogens is 470 g/mol. The number of benzene rings is 1. The number of aromatic nitrogens is 2. The number of rotatable bonds is 5. The normalized spacial score (nSPS) is 12.3. The molecular formula is C15H9BrF3N3O3PS+. The molecule has 0 radical (unpaired) electrons. The monoisotopic (exact) mass is 478 g/mol. The first-order chi connectivity index (χ1) is 12.7. The lowest BCUT2D eigenvalue weighted by atomic mass is 10.1. The van der Waals surface area contributed by atoms with Crippen molar-refractivity contribution in [3.8, 4) is 0 Å². The number of halogens is 4. The minimum atomic E-state index is -3.90. The summed E-state index contributed by atoms with van der Waals surface area (Å²) in [6, 6.07) is 4.30. The summed E-state index contributed by atoms with van der Waals surface area (Å²) in [5, 5.41) is 2.86. The Morgan fingerprint density at radius 2 is 2.00 bits per heavy atom. The maximum absolute atomic E-state index is 13.9. The summed E-state index contributed by atoms with van der Waals surface area (Å²) in [4.78, 5) is 28.0. The van der Waals surface area contributed by atoms with Gasteiger partial charge in [0.2, 0.25) is 0 Å². The summed E-state index contributed by atoms with van der Waals surface area (Å²) in [6.45, 7) is -0.0454. The molecule has 0 spiro atoms. The summed E-state index contributed by atoms with van der Waals surface area (Å²) in [5.41, 5.74) is -3.72. The minimum absolute atomic E-state index is 0.0404. The van der Waals surface area contributed by atoms with E-state index in [2.05, 4.69) is 31.2 Å². The van der Waals surface area contributed by atoms with Crippen molar-refractivity contribution in [2.75, 3.05) is 0 Å². The largest absolute Gasteiger partial charge is 0.590 e. The maximum atomic E-state index is 13.9. The van der Waals surface area contributed by atoms with Crippen molar-refractivity contribution in [1.82, 2.24) is 15.3 Å². The van der Waals surface area contributed by atoms with Crippen molar-refractivity contribution in [3.05, 3.63) is 57.1 Å². The first-order valence-corrected chi connectivity index (χ1v) is 10.0. The molecule has 1 amide bonds. The quantitative estimate of drug-likeness (QED) is 0.533. The van der Waals surface area contributed by atoms with Crippen LogP contribution in [0.3, 0.4) is 0 Å². The lowest BCUT2D eigenvalue weighted by Crippen LogP contribution is -2.23. The van der Waals surface area contributed by atoms with Crippen LogP contribution >= 0.6 is 35.3 Å². The second-order valence-electron chi connectivity index (χ2n) is 5.27. The third-order valence-electron chi connectivity index (χ3n) is 3.48. The fourth-order valence-corrected chi connectivity index (χ4v) is 4.89. The Morgan fingerprint density at radius 3 is 2.63 bits per heavy atom. The zero-order valence-electron chi connectivity index (χ0n) is 13.1. The maximum Gasteiger partial charge on any atom is 0.590 e. The van der Waals surface area contributed by atoms with Gasteiger partial charge in [0.05, 0.1) is 23.4 Å². The van der Waals surface area contributed by atoms with E-state index in [1.54, 1.807) is 0 Å². The van der Waals surface area contributed by atoms with Gasteiger partial charge in [0.1, 0.15) is 10.7 Å². The Labute approximate surface area is 163 Å². The number of carbonyl (C=O) groups is 1. The molecule has 6 nitrogen and oxygen atoms in total. The SMILES string of the molecule is O=C(NCc1ncc(F)cn1)c1ccc2sc(C(F)(F)[P+](=O)O)c(Br)c2c1. The zero-order chi connectivity index (χ0) is 19.8. The number of amides is 1. The molecule has 12 heteroatoms. The van der Waals surface area contributed by atoms with Gasteiger partial charge in [-0.3, -0.25) is 4.79 Å². The number of fused-ring (bicyclic) bond motifs is 1. The topological polar surface area (TPSA) is 92.2 Å². The average Bonchev–Trinajstić information content (AvgIpc) is 2.97. The summed E-state index contributed by atoms with van der Waals surface area (Å²) in [6.07, 6.45) is 1.94. The Kier molecular flexibility index (Phi) is 5.57. The average molecular weight is 479 g/mol. The molecule has 140 valence electrons. The molecule has 0 bridgehead atoms. The van der Waals surface area contributed by atoms with Gasteiger partial charge in [-0.2, -0.15) is 4.89 Å². The second kappa shape index (κ2) is 7.59. The van der Waals surface area contributed by atoms with Crippen molar-refractivity contribution in [2.45, 2.75) is 12.2 Å². The molecule has 0 saturated heterocycles. The van der Waals surface area contributed by atoms with Crippen LogP contribution in [0, 0.1) is 5.82 Å². The summed E-state index contributed by atoms with van der Waals surface area (Å²) in [7, 11) is -3.75. The molecule has 0 fully saturated rings. The molecule has 0 saturated carbocycles. The molecule has 3 rings (SSSR count). The molecule has 0 aliphatic rings. The number of nitrogens with one attached hydrogen (secondary N) is 1. The van der Waals surface area contributed by atoms with E-state index >= 15 is 0 Å². The van der Waals surface area contributed by atoms with Crippen LogP contribution in [0.4, 0.5) is 13.2 Å². The Hall–Kier alpha value is -1.94. The summed E-state index contributed by atoms with van der Waals surface area (Å²) < 4.78 is 51.9. The molecule has 1 atom stereocenters. The van der Waals surface area contributed by atoms with Crippen molar-refractivity contribution in [3.63, 3.8) is 0 Å². The summed E-state index contributed by atoms with van der Waals surface area (Å²) >= 11 is 3.69. The third-order valence-corrected chi connectivity index (χ3v) is 6.67. The van der Waals surface area contributed by atoms with Crippen molar-refractivity contribution in [1.29, 1.82) is 0 Å². The second-order valence-corrected chi connectivity index (χ2v) is 8.22. The van der Waals surface area contributed by atoms with Crippen LogP contribution in [0.2, 0.25) is 0 Å². The Bertz CT molecular complexity index is 1050. The van der Waals surface area contributed by atoms with E-state index in [0.717, 1.165) is 12.4 Å². The van der Waals surface area contributed by atoms with E-state index in [1.807, 2.05) is 0 Å². The van der Waals surface area contributed by atoms with E-state index in [1.165, 1.54) is 18.2 Å². The van der Waals surface area contributed by atoms with E-state index in [4.69, 9.17) is 4.89 Å². The molecule has 27 heavy (non-hydrogen) atoms. The summed E-state index contributed by atoms with van der Waals surface area (Å²) in [5.74, 6) is -0.907.